The molecule has 0 aromatic carbocycles. The van der Waals surface area contributed by atoms with Gasteiger partial charge in [-0.05, 0) is 30.9 Å². The zero-order chi connectivity index (χ0) is 15.4. The number of anilines is 1. The first-order valence-corrected chi connectivity index (χ1v) is 7.84. The Morgan fingerprint density at radius 1 is 1.36 bits per heavy atom. The molecule has 0 saturated carbocycles. The van der Waals surface area contributed by atoms with E-state index in [-0.39, 0.29) is 5.92 Å². The van der Waals surface area contributed by atoms with Crippen LogP contribution in [-0.4, -0.2) is 34.9 Å². The number of nitrogens with zero attached hydrogens (tertiary/aromatic N) is 3. The maximum atomic E-state index is 5.48. The van der Waals surface area contributed by atoms with Crippen LogP contribution in [0.4, 0.5) is 5.82 Å². The van der Waals surface area contributed by atoms with Crippen molar-refractivity contribution in [3.05, 3.63) is 24.2 Å². The van der Waals surface area contributed by atoms with Crippen LogP contribution in [0.15, 0.2) is 22.9 Å². The van der Waals surface area contributed by atoms with Crippen LogP contribution in [0, 0.1) is 5.92 Å². The molecular weight excluding hydrogens is 280 g/mol. The van der Waals surface area contributed by atoms with Crippen molar-refractivity contribution in [3.63, 3.8) is 0 Å². The lowest BCUT2D eigenvalue weighted by atomic mass is 10.0. The fraction of sp³-hybridized carbons (Fsp3) is 0.562. The second-order valence-electron chi connectivity index (χ2n) is 6.01. The van der Waals surface area contributed by atoms with Crippen molar-refractivity contribution < 1.29 is 9.26 Å². The first-order valence-electron chi connectivity index (χ1n) is 7.84. The molecule has 1 saturated heterocycles. The molecule has 2 aromatic rings. The molecule has 1 aliphatic rings. The molecule has 1 aliphatic heterocycles. The van der Waals surface area contributed by atoms with E-state index in [0.717, 1.165) is 43.4 Å². The lowest BCUT2D eigenvalue weighted by Crippen LogP contribution is -2.24. The number of rotatable bonds is 5. The average molecular weight is 302 g/mol. The van der Waals surface area contributed by atoms with Crippen molar-refractivity contribution in [3.8, 4) is 11.5 Å². The summed E-state index contributed by atoms with van der Waals surface area (Å²) in [6.45, 7) is 6.70. The molecule has 2 aromatic heterocycles. The van der Waals surface area contributed by atoms with E-state index in [9.17, 15) is 0 Å². The fourth-order valence-electron chi connectivity index (χ4n) is 2.43. The summed E-state index contributed by atoms with van der Waals surface area (Å²) in [5.41, 5.74) is 0.839. The minimum absolute atomic E-state index is 0.254. The third-order valence-corrected chi connectivity index (χ3v) is 3.80. The lowest BCUT2D eigenvalue weighted by Gasteiger charge is -2.22. The Hall–Kier alpha value is -1.95. The highest BCUT2D eigenvalue weighted by Crippen LogP contribution is 2.20. The minimum Gasteiger partial charge on any atom is -0.381 e. The Morgan fingerprint density at radius 2 is 2.27 bits per heavy atom. The van der Waals surface area contributed by atoms with Crippen molar-refractivity contribution in [1.82, 2.24) is 15.1 Å². The topological polar surface area (TPSA) is 73.1 Å². The SMILES string of the molecule is CC(C)c1noc(-c2ccc(NC[C@H]3CCCOC3)nc2)n1. The van der Waals surface area contributed by atoms with Crippen molar-refractivity contribution >= 4 is 5.82 Å². The van der Waals surface area contributed by atoms with E-state index in [0.29, 0.717) is 11.8 Å². The van der Waals surface area contributed by atoms with Gasteiger partial charge in [-0.1, -0.05) is 19.0 Å². The molecule has 0 unspecified atom stereocenters. The normalized spacial score (nSPS) is 18.6. The van der Waals surface area contributed by atoms with Gasteiger partial charge in [0.05, 0.1) is 12.2 Å². The largest absolute Gasteiger partial charge is 0.381 e. The van der Waals surface area contributed by atoms with Crippen molar-refractivity contribution in [1.29, 1.82) is 0 Å². The van der Waals surface area contributed by atoms with E-state index < -0.39 is 0 Å². The Kier molecular flexibility index (Phi) is 4.68. The van der Waals surface area contributed by atoms with E-state index in [2.05, 4.69) is 20.4 Å². The van der Waals surface area contributed by atoms with Crippen molar-refractivity contribution in [2.75, 3.05) is 25.1 Å². The van der Waals surface area contributed by atoms with Crippen LogP contribution in [0.1, 0.15) is 38.4 Å². The van der Waals surface area contributed by atoms with Gasteiger partial charge in [0.15, 0.2) is 5.82 Å². The van der Waals surface area contributed by atoms with Crippen LogP contribution in [0.3, 0.4) is 0 Å². The van der Waals surface area contributed by atoms with E-state index in [1.807, 2.05) is 26.0 Å². The average Bonchev–Trinajstić information content (AvgIpc) is 3.05. The van der Waals surface area contributed by atoms with Crippen LogP contribution in [0.5, 0.6) is 0 Å². The first kappa shape index (κ1) is 15.0. The third kappa shape index (κ3) is 3.62. The van der Waals surface area contributed by atoms with Gasteiger partial charge in [-0.15, -0.1) is 0 Å². The quantitative estimate of drug-likeness (QED) is 0.915. The lowest BCUT2D eigenvalue weighted by molar-refractivity contribution is 0.0595. The Labute approximate surface area is 130 Å². The molecular formula is C16H22N4O2. The predicted molar refractivity (Wildman–Crippen MR) is 83.7 cm³/mol. The molecule has 118 valence electrons. The van der Waals surface area contributed by atoms with Gasteiger partial charge < -0.3 is 14.6 Å². The summed E-state index contributed by atoms with van der Waals surface area (Å²) in [6.07, 6.45) is 4.12. The van der Waals surface area contributed by atoms with Gasteiger partial charge in [-0.25, -0.2) is 4.98 Å². The number of pyridine rings is 1. The molecule has 3 rings (SSSR count). The van der Waals surface area contributed by atoms with Crippen LogP contribution in [-0.2, 0) is 4.74 Å². The highest BCUT2D eigenvalue weighted by Gasteiger charge is 2.14. The van der Waals surface area contributed by atoms with E-state index in [4.69, 9.17) is 9.26 Å². The van der Waals surface area contributed by atoms with Crippen LogP contribution in [0.25, 0.3) is 11.5 Å². The molecule has 6 heteroatoms. The summed E-state index contributed by atoms with van der Waals surface area (Å²) in [7, 11) is 0. The molecule has 3 heterocycles. The predicted octanol–water partition coefficient (Wildman–Crippen LogP) is 3.09. The summed E-state index contributed by atoms with van der Waals surface area (Å²) >= 11 is 0. The maximum absolute atomic E-state index is 5.48. The molecule has 0 aliphatic carbocycles. The summed E-state index contributed by atoms with van der Waals surface area (Å²) in [5, 5.41) is 7.33. The fourth-order valence-corrected chi connectivity index (χ4v) is 2.43. The van der Waals surface area contributed by atoms with E-state index in [1.165, 1.54) is 6.42 Å². The Balaban J connectivity index is 1.59. The van der Waals surface area contributed by atoms with Crippen molar-refractivity contribution in [2.45, 2.75) is 32.6 Å². The van der Waals surface area contributed by atoms with Crippen molar-refractivity contribution in [2.24, 2.45) is 5.92 Å². The maximum Gasteiger partial charge on any atom is 0.259 e. The molecule has 22 heavy (non-hydrogen) atoms. The highest BCUT2D eigenvalue weighted by atomic mass is 16.5. The number of hydrogen-bond acceptors (Lipinski definition) is 6. The standard InChI is InChI=1S/C16H22N4O2/c1-11(2)15-19-16(22-20-15)13-5-6-14(18-9-13)17-8-12-4-3-7-21-10-12/h5-6,9,11-12H,3-4,7-8,10H2,1-2H3,(H,17,18)/t12-/m1/s1. The highest BCUT2D eigenvalue weighted by molar-refractivity contribution is 5.54. The summed E-state index contributed by atoms with van der Waals surface area (Å²) in [5.74, 6) is 2.92. The van der Waals surface area contributed by atoms with Crippen LogP contribution in [0.2, 0.25) is 0 Å². The first-order chi connectivity index (χ1) is 10.7. The molecule has 0 spiro atoms. The number of aromatic nitrogens is 3. The Bertz CT molecular complexity index is 588. The molecule has 0 amide bonds. The third-order valence-electron chi connectivity index (χ3n) is 3.80. The summed E-state index contributed by atoms with van der Waals surface area (Å²) in [6, 6.07) is 3.89. The van der Waals surface area contributed by atoms with Gasteiger partial charge in [0.2, 0.25) is 0 Å². The van der Waals surface area contributed by atoms with Gasteiger partial charge in [-0.3, -0.25) is 0 Å². The molecule has 1 atom stereocenters. The molecule has 1 N–H and O–H groups in total. The van der Waals surface area contributed by atoms with E-state index >= 15 is 0 Å². The monoisotopic (exact) mass is 302 g/mol. The number of hydrogen-bond donors (Lipinski definition) is 1. The zero-order valence-electron chi connectivity index (χ0n) is 13.1. The minimum atomic E-state index is 0.254. The number of ether oxygens (including phenoxy) is 1. The number of nitrogens with one attached hydrogen (secondary N) is 1. The second kappa shape index (κ2) is 6.87. The van der Waals surface area contributed by atoms with Gasteiger partial charge in [0, 0.05) is 25.3 Å². The molecule has 6 nitrogen and oxygen atoms in total. The van der Waals surface area contributed by atoms with Gasteiger partial charge >= 0.3 is 0 Å². The molecule has 1 fully saturated rings. The van der Waals surface area contributed by atoms with Gasteiger partial charge in [0.1, 0.15) is 5.82 Å². The summed E-state index contributed by atoms with van der Waals surface area (Å²) in [4.78, 5) is 8.79. The van der Waals surface area contributed by atoms with Crippen LogP contribution >= 0.6 is 0 Å². The van der Waals surface area contributed by atoms with Crippen LogP contribution < -0.4 is 5.32 Å². The second-order valence-corrected chi connectivity index (χ2v) is 6.01. The van der Waals surface area contributed by atoms with Gasteiger partial charge in [-0.2, -0.15) is 4.98 Å². The smallest absolute Gasteiger partial charge is 0.259 e. The van der Waals surface area contributed by atoms with Gasteiger partial charge in [0.25, 0.3) is 5.89 Å². The zero-order valence-corrected chi connectivity index (χ0v) is 13.1. The Morgan fingerprint density at radius 3 is 2.91 bits per heavy atom. The summed E-state index contributed by atoms with van der Waals surface area (Å²) < 4.78 is 10.7. The molecule has 0 bridgehead atoms. The van der Waals surface area contributed by atoms with E-state index in [1.54, 1.807) is 6.20 Å². The molecule has 0 radical (unpaired) electrons.